The first-order valence-electron chi connectivity index (χ1n) is 9.91. The summed E-state index contributed by atoms with van der Waals surface area (Å²) in [7, 11) is 0. The predicted octanol–water partition coefficient (Wildman–Crippen LogP) is 4.43. The maximum atomic E-state index is 6.93. The zero-order chi connectivity index (χ0) is 18.5. The van der Waals surface area contributed by atoms with Crippen LogP contribution >= 0.6 is 0 Å². The van der Waals surface area contributed by atoms with Gasteiger partial charge in [-0.2, -0.15) is 0 Å². The molecule has 0 saturated carbocycles. The molecule has 2 N–H and O–H groups in total. The average molecular weight is 350 g/mol. The molecule has 0 aliphatic carbocycles. The van der Waals surface area contributed by atoms with E-state index in [-0.39, 0.29) is 11.5 Å². The van der Waals surface area contributed by atoms with Crippen LogP contribution in [0, 0.1) is 11.8 Å². The summed E-state index contributed by atoms with van der Waals surface area (Å²) in [4.78, 5) is 7.53. The lowest BCUT2D eigenvalue weighted by atomic mass is 9.73. The molecule has 3 heteroatoms. The van der Waals surface area contributed by atoms with Crippen LogP contribution in [0.1, 0.15) is 50.9 Å². The van der Waals surface area contributed by atoms with Gasteiger partial charge in [0, 0.05) is 35.1 Å². The molecule has 3 nitrogen and oxygen atoms in total. The summed E-state index contributed by atoms with van der Waals surface area (Å²) in [5.74, 6) is 1.37. The van der Waals surface area contributed by atoms with Crippen LogP contribution in [-0.4, -0.2) is 29.0 Å². The maximum Gasteiger partial charge on any atom is 0.0708 e. The van der Waals surface area contributed by atoms with Crippen LogP contribution in [0.2, 0.25) is 0 Å². The second-order valence-electron chi connectivity index (χ2n) is 9.14. The number of rotatable bonds is 3. The Balaban J connectivity index is 1.75. The van der Waals surface area contributed by atoms with Crippen molar-refractivity contribution >= 4 is 10.9 Å². The van der Waals surface area contributed by atoms with Crippen LogP contribution in [0.5, 0.6) is 0 Å². The van der Waals surface area contributed by atoms with Gasteiger partial charge in [0.25, 0.3) is 0 Å². The number of para-hydroxylation sites is 1. The van der Waals surface area contributed by atoms with Gasteiger partial charge in [-0.15, -0.1) is 6.58 Å². The quantitative estimate of drug-likeness (QED) is 0.834. The molecular weight excluding hydrogens is 318 g/mol. The van der Waals surface area contributed by atoms with E-state index < -0.39 is 0 Å². The molecule has 5 rings (SSSR count). The van der Waals surface area contributed by atoms with Gasteiger partial charge in [-0.25, -0.2) is 0 Å². The summed E-state index contributed by atoms with van der Waals surface area (Å²) in [6, 6.07) is 11.2. The minimum Gasteiger partial charge on any atom is -0.323 e. The molecule has 0 spiro atoms. The van der Waals surface area contributed by atoms with Crippen molar-refractivity contribution in [3.8, 4) is 0 Å². The van der Waals surface area contributed by atoms with Gasteiger partial charge >= 0.3 is 0 Å². The Bertz CT molecular complexity index is 820. The Kier molecular flexibility index (Phi) is 4.40. The molecule has 2 bridgehead atoms. The van der Waals surface area contributed by atoms with Crippen LogP contribution in [0.25, 0.3) is 10.9 Å². The number of fused-ring (bicyclic) bond motifs is 4. The fourth-order valence-corrected chi connectivity index (χ4v) is 4.82. The molecule has 26 heavy (non-hydrogen) atoms. The fourth-order valence-electron chi connectivity index (χ4n) is 4.82. The van der Waals surface area contributed by atoms with Crippen molar-refractivity contribution in [3.05, 3.63) is 54.2 Å². The van der Waals surface area contributed by atoms with Gasteiger partial charge in [0.15, 0.2) is 0 Å². The lowest BCUT2D eigenvalue weighted by Crippen LogP contribution is -2.56. The normalized spacial score (nSPS) is 29.7. The number of nitrogens with zero attached hydrogens (tertiary/aromatic N) is 2. The van der Waals surface area contributed by atoms with Crippen molar-refractivity contribution in [3.63, 3.8) is 0 Å². The topological polar surface area (TPSA) is 42.1 Å². The Labute approximate surface area is 157 Å². The summed E-state index contributed by atoms with van der Waals surface area (Å²) < 4.78 is 0. The first kappa shape index (κ1) is 17.7. The van der Waals surface area contributed by atoms with E-state index in [0.29, 0.717) is 12.0 Å². The van der Waals surface area contributed by atoms with Gasteiger partial charge in [0.1, 0.15) is 0 Å². The van der Waals surface area contributed by atoms with E-state index in [1.54, 1.807) is 0 Å². The van der Waals surface area contributed by atoms with Crippen molar-refractivity contribution in [2.75, 3.05) is 13.1 Å². The molecular formula is C23H31N3. The van der Waals surface area contributed by atoms with E-state index in [0.717, 1.165) is 23.7 Å². The molecule has 5 atom stereocenters. The van der Waals surface area contributed by atoms with Crippen LogP contribution in [0.15, 0.2) is 43.0 Å². The van der Waals surface area contributed by atoms with E-state index in [4.69, 9.17) is 10.7 Å². The Morgan fingerprint density at radius 3 is 2.73 bits per heavy atom. The van der Waals surface area contributed by atoms with Crippen LogP contribution in [-0.2, 0) is 5.41 Å². The number of benzene rings is 1. The highest BCUT2D eigenvalue weighted by atomic mass is 15.2. The second-order valence-corrected chi connectivity index (χ2v) is 9.14. The highest BCUT2D eigenvalue weighted by molar-refractivity contribution is 5.83. The van der Waals surface area contributed by atoms with E-state index in [2.05, 4.69) is 68.7 Å². The van der Waals surface area contributed by atoms with Gasteiger partial charge in [0.2, 0.25) is 0 Å². The number of hydrogen-bond acceptors (Lipinski definition) is 3. The molecule has 0 radical (unpaired) electrons. The van der Waals surface area contributed by atoms with Crippen LogP contribution < -0.4 is 5.73 Å². The predicted molar refractivity (Wildman–Crippen MR) is 109 cm³/mol. The smallest absolute Gasteiger partial charge is 0.0708 e. The summed E-state index contributed by atoms with van der Waals surface area (Å²) in [5.41, 5.74) is 10.4. The minimum atomic E-state index is 0.0122. The summed E-state index contributed by atoms with van der Waals surface area (Å²) in [5, 5.41) is 1.20. The molecule has 1 unspecified atom stereocenters. The van der Waals surface area contributed by atoms with Crippen molar-refractivity contribution in [1.29, 1.82) is 0 Å². The van der Waals surface area contributed by atoms with Crippen LogP contribution in [0.3, 0.4) is 0 Å². The molecule has 1 aromatic carbocycles. The number of piperidine rings is 3. The highest BCUT2D eigenvalue weighted by Crippen LogP contribution is 2.41. The number of hydrogen-bond donors (Lipinski definition) is 1. The Hall–Kier alpha value is -1.71. The summed E-state index contributed by atoms with van der Waals surface area (Å²) in [6.07, 6.45) is 4.61. The largest absolute Gasteiger partial charge is 0.323 e. The molecule has 3 saturated heterocycles. The molecule has 3 aliphatic heterocycles. The summed E-state index contributed by atoms with van der Waals surface area (Å²) in [6.45, 7) is 13.0. The molecule has 3 aliphatic rings. The highest BCUT2D eigenvalue weighted by Gasteiger charge is 2.41. The third-order valence-corrected chi connectivity index (χ3v) is 6.44. The molecule has 0 amide bonds. The first-order chi connectivity index (χ1) is 12.4. The standard InChI is InChI=1S/C23H31N3/c1-5-15-14-26-11-10-16(15)12-20(26)22(24)18-13-21(23(2,3)4)25-19-9-7-6-8-17(18)19/h5-9,13,15-16,20,22H,1,10-12,14,24H2,2-4H3/t15-,16-,20+,22-/m0/s1. The zero-order valence-electron chi connectivity index (χ0n) is 16.3. The SMILES string of the molecule is C=C[C@H]1CN2CC[C@H]1C[C@@H]2[C@@H](N)c1cc(C(C)(C)C)nc2ccccc12. The average Bonchev–Trinajstić information content (AvgIpc) is 2.66. The van der Waals surface area contributed by atoms with Crippen molar-refractivity contribution < 1.29 is 0 Å². The van der Waals surface area contributed by atoms with Gasteiger partial charge < -0.3 is 5.73 Å². The Morgan fingerprint density at radius 1 is 1.31 bits per heavy atom. The van der Waals surface area contributed by atoms with Crippen molar-refractivity contribution in [2.45, 2.75) is 51.1 Å². The van der Waals surface area contributed by atoms with E-state index in [1.165, 1.54) is 30.3 Å². The van der Waals surface area contributed by atoms with Crippen molar-refractivity contribution in [1.82, 2.24) is 9.88 Å². The van der Waals surface area contributed by atoms with Gasteiger partial charge in [-0.05, 0) is 48.9 Å². The summed E-state index contributed by atoms with van der Waals surface area (Å²) >= 11 is 0. The third-order valence-electron chi connectivity index (χ3n) is 6.44. The van der Waals surface area contributed by atoms with E-state index in [1.807, 2.05) is 0 Å². The van der Waals surface area contributed by atoms with Gasteiger partial charge in [0.05, 0.1) is 5.52 Å². The molecule has 2 aromatic rings. The number of pyridine rings is 1. The Morgan fingerprint density at radius 2 is 2.08 bits per heavy atom. The second kappa shape index (κ2) is 6.47. The first-order valence-corrected chi connectivity index (χ1v) is 9.91. The minimum absolute atomic E-state index is 0.0122. The van der Waals surface area contributed by atoms with E-state index in [9.17, 15) is 0 Å². The monoisotopic (exact) mass is 349 g/mol. The lowest BCUT2D eigenvalue weighted by Gasteiger charge is -2.51. The van der Waals surface area contributed by atoms with Crippen LogP contribution in [0.4, 0.5) is 0 Å². The fraction of sp³-hybridized carbons (Fsp3) is 0.522. The lowest BCUT2D eigenvalue weighted by molar-refractivity contribution is 0.00747. The van der Waals surface area contributed by atoms with Crippen molar-refractivity contribution in [2.24, 2.45) is 17.6 Å². The maximum absolute atomic E-state index is 6.93. The molecule has 4 heterocycles. The molecule has 138 valence electrons. The third kappa shape index (κ3) is 2.97. The zero-order valence-corrected chi connectivity index (χ0v) is 16.3. The number of nitrogens with two attached hydrogens (primary N) is 1. The number of aromatic nitrogens is 1. The van der Waals surface area contributed by atoms with E-state index >= 15 is 0 Å². The molecule has 1 aromatic heterocycles. The van der Waals surface area contributed by atoms with Gasteiger partial charge in [-0.1, -0.05) is 45.0 Å². The molecule has 3 fully saturated rings. The van der Waals surface area contributed by atoms with Gasteiger partial charge in [-0.3, -0.25) is 9.88 Å².